The van der Waals surface area contributed by atoms with Crippen molar-refractivity contribution in [1.82, 2.24) is 9.88 Å². The molecular formula is C19H21N3O3S. The second-order valence-corrected chi connectivity index (χ2v) is 9.15. The molecule has 6 nitrogen and oxygen atoms in total. The number of sulfone groups is 1. The van der Waals surface area contributed by atoms with Crippen LogP contribution in [0.25, 0.3) is 0 Å². The zero-order valence-electron chi connectivity index (χ0n) is 14.4. The number of hydrogen-bond donors (Lipinski definition) is 1. The van der Waals surface area contributed by atoms with Crippen molar-refractivity contribution in [3.05, 3.63) is 59.4 Å². The molecule has 136 valence electrons. The topological polar surface area (TPSA) is 79.4 Å². The Morgan fingerprint density at radius 2 is 1.96 bits per heavy atom. The van der Waals surface area contributed by atoms with E-state index in [1.165, 1.54) is 11.1 Å². The van der Waals surface area contributed by atoms with E-state index in [0.29, 0.717) is 25.2 Å². The maximum Gasteiger partial charge on any atom is 0.272 e. The third kappa shape index (κ3) is 3.58. The fourth-order valence-electron chi connectivity index (χ4n) is 3.58. The summed E-state index contributed by atoms with van der Waals surface area (Å²) in [6, 6.07) is 11.6. The fraction of sp³-hybridized carbons (Fsp3) is 0.368. The number of rotatable bonds is 3. The zero-order valence-corrected chi connectivity index (χ0v) is 15.2. The van der Waals surface area contributed by atoms with Crippen molar-refractivity contribution in [3.8, 4) is 0 Å². The van der Waals surface area contributed by atoms with Gasteiger partial charge in [-0.05, 0) is 36.1 Å². The van der Waals surface area contributed by atoms with Gasteiger partial charge in [-0.15, -0.1) is 0 Å². The van der Waals surface area contributed by atoms with Crippen LogP contribution in [0.1, 0.15) is 28.0 Å². The summed E-state index contributed by atoms with van der Waals surface area (Å²) in [4.78, 5) is 18.8. The van der Waals surface area contributed by atoms with Gasteiger partial charge < -0.3 is 10.2 Å². The van der Waals surface area contributed by atoms with Crippen molar-refractivity contribution < 1.29 is 13.2 Å². The van der Waals surface area contributed by atoms with E-state index in [-0.39, 0.29) is 23.5 Å². The summed E-state index contributed by atoms with van der Waals surface area (Å²) in [6.07, 6.45) is 3.07. The molecule has 4 rings (SSSR count). The molecule has 2 aromatic rings. The number of aromatic nitrogens is 1. The molecule has 0 spiro atoms. The molecule has 1 N–H and O–H groups in total. The summed E-state index contributed by atoms with van der Waals surface area (Å²) in [7, 11) is -2.92. The van der Waals surface area contributed by atoms with Gasteiger partial charge in [-0.1, -0.05) is 24.3 Å². The summed E-state index contributed by atoms with van der Waals surface area (Å²) in [5, 5.41) is 3.19. The molecule has 26 heavy (non-hydrogen) atoms. The summed E-state index contributed by atoms with van der Waals surface area (Å²) >= 11 is 0. The van der Waals surface area contributed by atoms with Gasteiger partial charge in [-0.2, -0.15) is 0 Å². The van der Waals surface area contributed by atoms with E-state index in [4.69, 9.17) is 0 Å². The lowest BCUT2D eigenvalue weighted by Gasteiger charge is -2.28. The lowest BCUT2D eigenvalue weighted by atomic mass is 10.00. The SMILES string of the molecule is O=C(c1ccc(NC2CCS(=O)(=O)C2)cn1)N1CCc2ccccc2C1. The number of benzene rings is 1. The van der Waals surface area contributed by atoms with Gasteiger partial charge in [-0.3, -0.25) is 4.79 Å². The van der Waals surface area contributed by atoms with Crippen LogP contribution in [0.15, 0.2) is 42.6 Å². The van der Waals surface area contributed by atoms with Crippen molar-refractivity contribution in [2.45, 2.75) is 25.4 Å². The second kappa shape index (κ2) is 6.72. The highest BCUT2D eigenvalue weighted by atomic mass is 32.2. The average Bonchev–Trinajstić information content (AvgIpc) is 2.99. The Balaban J connectivity index is 1.41. The molecular weight excluding hydrogens is 350 g/mol. The molecule has 7 heteroatoms. The minimum absolute atomic E-state index is 0.0745. The number of nitrogens with zero attached hydrogens (tertiary/aromatic N) is 2. The minimum Gasteiger partial charge on any atom is -0.380 e. The lowest BCUT2D eigenvalue weighted by molar-refractivity contribution is 0.0729. The molecule has 1 aromatic heterocycles. The van der Waals surface area contributed by atoms with Crippen LogP contribution in [0.4, 0.5) is 5.69 Å². The number of amides is 1. The van der Waals surface area contributed by atoms with E-state index in [2.05, 4.69) is 22.4 Å². The Bertz CT molecular complexity index is 925. The van der Waals surface area contributed by atoms with Crippen molar-refractivity contribution in [2.75, 3.05) is 23.4 Å². The van der Waals surface area contributed by atoms with Gasteiger partial charge in [0.1, 0.15) is 5.69 Å². The number of anilines is 1. The molecule has 1 fully saturated rings. The molecule has 1 amide bonds. The maximum absolute atomic E-state index is 12.7. The first-order valence-corrected chi connectivity index (χ1v) is 10.6. The first-order valence-electron chi connectivity index (χ1n) is 8.79. The van der Waals surface area contributed by atoms with Crippen molar-refractivity contribution in [3.63, 3.8) is 0 Å². The Morgan fingerprint density at radius 3 is 2.65 bits per heavy atom. The van der Waals surface area contributed by atoms with Gasteiger partial charge in [0.05, 0.1) is 23.4 Å². The van der Waals surface area contributed by atoms with E-state index in [0.717, 1.165) is 12.1 Å². The summed E-state index contributed by atoms with van der Waals surface area (Å²) < 4.78 is 23.1. The van der Waals surface area contributed by atoms with Gasteiger partial charge in [0, 0.05) is 19.1 Å². The molecule has 1 saturated heterocycles. The Labute approximate surface area is 153 Å². The highest BCUT2D eigenvalue weighted by molar-refractivity contribution is 7.91. The molecule has 1 atom stereocenters. The van der Waals surface area contributed by atoms with Gasteiger partial charge in [0.15, 0.2) is 9.84 Å². The highest BCUT2D eigenvalue weighted by Crippen LogP contribution is 2.21. The first kappa shape index (κ1) is 17.0. The lowest BCUT2D eigenvalue weighted by Crippen LogP contribution is -2.36. The smallest absolute Gasteiger partial charge is 0.272 e. The third-order valence-corrected chi connectivity index (χ3v) is 6.77. The highest BCUT2D eigenvalue weighted by Gasteiger charge is 2.28. The zero-order chi connectivity index (χ0) is 18.1. The third-order valence-electron chi connectivity index (χ3n) is 5.00. The number of carbonyl (C=O) groups excluding carboxylic acids is 1. The maximum atomic E-state index is 12.7. The quantitative estimate of drug-likeness (QED) is 0.891. The Hall–Kier alpha value is -2.41. The summed E-state index contributed by atoms with van der Waals surface area (Å²) in [6.45, 7) is 1.30. The van der Waals surface area contributed by atoms with Crippen molar-refractivity contribution >= 4 is 21.4 Å². The predicted octanol–water partition coefficient (Wildman–Crippen LogP) is 1.88. The van der Waals surface area contributed by atoms with Gasteiger partial charge in [-0.25, -0.2) is 13.4 Å². The number of carbonyl (C=O) groups is 1. The second-order valence-electron chi connectivity index (χ2n) is 6.92. The summed E-state index contributed by atoms with van der Waals surface area (Å²) in [5.74, 6) is 0.306. The number of hydrogen-bond acceptors (Lipinski definition) is 5. The monoisotopic (exact) mass is 371 g/mol. The van der Waals surface area contributed by atoms with Crippen LogP contribution in [0.3, 0.4) is 0 Å². The van der Waals surface area contributed by atoms with E-state index in [1.807, 2.05) is 17.0 Å². The van der Waals surface area contributed by atoms with Crippen molar-refractivity contribution in [2.24, 2.45) is 0 Å². The van der Waals surface area contributed by atoms with Gasteiger partial charge in [0.2, 0.25) is 0 Å². The summed E-state index contributed by atoms with van der Waals surface area (Å²) in [5.41, 5.74) is 3.64. The molecule has 0 radical (unpaired) electrons. The number of pyridine rings is 1. The first-order chi connectivity index (χ1) is 12.5. The van der Waals surface area contributed by atoms with Crippen LogP contribution in [0.2, 0.25) is 0 Å². The van der Waals surface area contributed by atoms with Crippen LogP contribution in [0.5, 0.6) is 0 Å². The standard InChI is InChI=1S/C19H21N3O3S/c23-19(22-9-7-14-3-1-2-4-15(14)12-22)18-6-5-16(11-20-18)21-17-8-10-26(24,25)13-17/h1-6,11,17,21H,7-10,12-13H2. The molecule has 2 aliphatic heterocycles. The normalized spacial score (nSPS) is 21.2. The van der Waals surface area contributed by atoms with Crippen LogP contribution < -0.4 is 5.32 Å². The van der Waals surface area contributed by atoms with Gasteiger partial charge >= 0.3 is 0 Å². The molecule has 1 aromatic carbocycles. The largest absolute Gasteiger partial charge is 0.380 e. The number of nitrogens with one attached hydrogen (secondary N) is 1. The van der Waals surface area contributed by atoms with E-state index >= 15 is 0 Å². The van der Waals surface area contributed by atoms with Crippen molar-refractivity contribution in [1.29, 1.82) is 0 Å². The molecule has 0 aliphatic carbocycles. The molecule has 0 bridgehead atoms. The Kier molecular flexibility index (Phi) is 4.40. The van der Waals surface area contributed by atoms with E-state index in [9.17, 15) is 13.2 Å². The molecule has 3 heterocycles. The van der Waals surface area contributed by atoms with Crippen LogP contribution in [-0.4, -0.2) is 48.3 Å². The van der Waals surface area contributed by atoms with Crippen LogP contribution in [-0.2, 0) is 22.8 Å². The van der Waals surface area contributed by atoms with Crippen LogP contribution >= 0.6 is 0 Å². The van der Waals surface area contributed by atoms with E-state index < -0.39 is 9.84 Å². The molecule has 2 aliphatic rings. The van der Waals surface area contributed by atoms with Crippen LogP contribution in [0, 0.1) is 0 Å². The minimum atomic E-state index is -2.92. The van der Waals surface area contributed by atoms with Gasteiger partial charge in [0.25, 0.3) is 5.91 Å². The fourth-order valence-corrected chi connectivity index (χ4v) is 5.25. The number of fused-ring (bicyclic) bond motifs is 1. The average molecular weight is 371 g/mol. The molecule has 1 unspecified atom stereocenters. The Morgan fingerprint density at radius 1 is 1.15 bits per heavy atom. The van der Waals surface area contributed by atoms with E-state index in [1.54, 1.807) is 18.3 Å². The predicted molar refractivity (Wildman–Crippen MR) is 99.8 cm³/mol. The molecule has 0 saturated carbocycles.